The molecule has 1 aliphatic heterocycles. The van der Waals surface area contributed by atoms with E-state index in [4.69, 9.17) is 9.15 Å². The van der Waals surface area contributed by atoms with Gasteiger partial charge in [-0.25, -0.2) is 0 Å². The molecule has 130 valence electrons. The lowest BCUT2D eigenvalue weighted by atomic mass is 9.53. The second-order valence-electron chi connectivity index (χ2n) is 7.63. The number of esters is 1. The predicted octanol–water partition coefficient (Wildman–Crippen LogP) is 2.74. The summed E-state index contributed by atoms with van der Waals surface area (Å²) in [5, 5.41) is 20.6. The Kier molecular flexibility index (Phi) is 3.62. The molecule has 1 aromatic heterocycles. The van der Waals surface area contributed by atoms with Gasteiger partial charge in [0.15, 0.2) is 0 Å². The first-order chi connectivity index (χ1) is 11.5. The average Bonchev–Trinajstić information content (AvgIpc) is 3.21. The molecule has 5 heteroatoms. The molecule has 2 heterocycles. The lowest BCUT2D eigenvalue weighted by Crippen LogP contribution is -2.52. The molecule has 1 aromatic rings. The van der Waals surface area contributed by atoms with Gasteiger partial charge in [0.05, 0.1) is 24.5 Å². The normalized spacial score (nSPS) is 41.9. The molecule has 2 aliphatic carbocycles. The standard InChI is InChI=1S/C19H24O5/c1-12-4-5-14-15(3-2-7-18(14,22)11-20)19(12)9-16(24-17(19)21)13-6-8-23-10-13/h5-6,8,10,12,15-16,20,22H,2-4,7,9,11H2,1H3/t12-,15+,16+,18-,19-/m1/s1. The van der Waals surface area contributed by atoms with Crippen LogP contribution in [0, 0.1) is 17.3 Å². The number of furan rings is 1. The van der Waals surface area contributed by atoms with Gasteiger partial charge in [-0.15, -0.1) is 0 Å². The number of carbonyl (C=O) groups excluding carboxylic acids is 1. The number of fused-ring (bicyclic) bond motifs is 2. The smallest absolute Gasteiger partial charge is 0.313 e. The van der Waals surface area contributed by atoms with Gasteiger partial charge in [-0.3, -0.25) is 4.79 Å². The fourth-order valence-electron chi connectivity index (χ4n) is 5.12. The zero-order valence-electron chi connectivity index (χ0n) is 13.9. The van der Waals surface area contributed by atoms with E-state index in [1.807, 2.05) is 6.07 Å². The summed E-state index contributed by atoms with van der Waals surface area (Å²) in [5.74, 6) is -0.0766. The number of rotatable bonds is 2. The lowest BCUT2D eigenvalue weighted by molar-refractivity contribution is -0.155. The quantitative estimate of drug-likeness (QED) is 0.643. The van der Waals surface area contributed by atoms with Gasteiger partial charge in [-0.05, 0) is 49.2 Å². The Morgan fingerprint density at radius 2 is 2.25 bits per heavy atom. The maximum absolute atomic E-state index is 13.0. The third-order valence-corrected chi connectivity index (χ3v) is 6.52. The molecule has 24 heavy (non-hydrogen) atoms. The molecule has 5 nitrogen and oxygen atoms in total. The number of aliphatic hydroxyl groups excluding tert-OH is 1. The average molecular weight is 332 g/mol. The molecule has 0 amide bonds. The second-order valence-corrected chi connectivity index (χ2v) is 7.63. The van der Waals surface area contributed by atoms with Gasteiger partial charge >= 0.3 is 5.97 Å². The molecule has 3 aliphatic rings. The molecule has 2 fully saturated rings. The van der Waals surface area contributed by atoms with E-state index in [0.717, 1.165) is 30.4 Å². The predicted molar refractivity (Wildman–Crippen MR) is 85.8 cm³/mol. The number of hydrogen-bond acceptors (Lipinski definition) is 5. The zero-order valence-corrected chi connectivity index (χ0v) is 13.9. The Bertz CT molecular complexity index is 663. The molecule has 0 aromatic carbocycles. The van der Waals surface area contributed by atoms with Crippen LogP contribution >= 0.6 is 0 Å². The van der Waals surface area contributed by atoms with Crippen molar-refractivity contribution in [2.24, 2.45) is 17.3 Å². The molecule has 1 saturated heterocycles. The van der Waals surface area contributed by atoms with E-state index in [9.17, 15) is 15.0 Å². The van der Waals surface area contributed by atoms with Gasteiger partial charge in [-0.2, -0.15) is 0 Å². The highest BCUT2D eigenvalue weighted by Crippen LogP contribution is 2.60. The minimum Gasteiger partial charge on any atom is -0.472 e. The van der Waals surface area contributed by atoms with Crippen molar-refractivity contribution in [2.75, 3.05) is 6.61 Å². The van der Waals surface area contributed by atoms with Crippen LogP contribution in [0.1, 0.15) is 50.7 Å². The molecule has 0 unspecified atom stereocenters. The maximum atomic E-state index is 13.0. The molecule has 1 saturated carbocycles. The number of aliphatic hydroxyl groups is 2. The monoisotopic (exact) mass is 332 g/mol. The second kappa shape index (κ2) is 5.46. The van der Waals surface area contributed by atoms with Gasteiger partial charge in [0.1, 0.15) is 11.7 Å². The van der Waals surface area contributed by atoms with Crippen molar-refractivity contribution in [3.8, 4) is 0 Å². The molecule has 1 spiro atoms. The molecule has 4 rings (SSSR count). The summed E-state index contributed by atoms with van der Waals surface area (Å²) in [6.07, 6.45) is 8.52. The first-order valence-corrected chi connectivity index (χ1v) is 8.78. The highest BCUT2D eigenvalue weighted by Gasteiger charge is 2.62. The first-order valence-electron chi connectivity index (χ1n) is 8.78. The maximum Gasteiger partial charge on any atom is 0.313 e. The number of carbonyl (C=O) groups is 1. The van der Waals surface area contributed by atoms with Crippen molar-refractivity contribution in [1.82, 2.24) is 0 Å². The van der Waals surface area contributed by atoms with Crippen LogP contribution < -0.4 is 0 Å². The Balaban J connectivity index is 1.74. The number of hydrogen-bond donors (Lipinski definition) is 2. The van der Waals surface area contributed by atoms with Gasteiger partial charge in [0.25, 0.3) is 0 Å². The van der Waals surface area contributed by atoms with Gasteiger partial charge < -0.3 is 19.4 Å². The summed E-state index contributed by atoms with van der Waals surface area (Å²) in [5.41, 5.74) is -0.0736. The van der Waals surface area contributed by atoms with E-state index in [1.54, 1.807) is 12.5 Å². The highest BCUT2D eigenvalue weighted by molar-refractivity contribution is 5.81. The Hall–Kier alpha value is -1.59. The van der Waals surface area contributed by atoms with E-state index in [2.05, 4.69) is 13.0 Å². The van der Waals surface area contributed by atoms with Crippen molar-refractivity contribution in [1.29, 1.82) is 0 Å². The van der Waals surface area contributed by atoms with E-state index in [-0.39, 0.29) is 30.5 Å². The molecule has 0 bridgehead atoms. The minimum absolute atomic E-state index is 0.0587. The fraction of sp³-hybridized carbons (Fsp3) is 0.632. The summed E-state index contributed by atoms with van der Waals surface area (Å²) in [7, 11) is 0. The van der Waals surface area contributed by atoms with Crippen LogP contribution in [0.15, 0.2) is 34.7 Å². The molecular formula is C19H24O5. The van der Waals surface area contributed by atoms with Crippen molar-refractivity contribution in [3.05, 3.63) is 35.8 Å². The number of ether oxygens (including phenoxy) is 1. The van der Waals surface area contributed by atoms with E-state index < -0.39 is 11.0 Å². The molecular weight excluding hydrogens is 308 g/mol. The van der Waals surface area contributed by atoms with Gasteiger partial charge in [0.2, 0.25) is 0 Å². The topological polar surface area (TPSA) is 79.9 Å². The number of allylic oxidation sites excluding steroid dienone is 1. The van der Waals surface area contributed by atoms with E-state index >= 15 is 0 Å². The third kappa shape index (κ3) is 2.04. The zero-order chi connectivity index (χ0) is 16.9. The van der Waals surface area contributed by atoms with Crippen molar-refractivity contribution in [2.45, 2.75) is 50.7 Å². The summed E-state index contributed by atoms with van der Waals surface area (Å²) < 4.78 is 10.9. The van der Waals surface area contributed by atoms with Crippen LogP contribution in [0.5, 0.6) is 0 Å². The third-order valence-electron chi connectivity index (χ3n) is 6.52. The molecule has 2 N–H and O–H groups in total. The number of cyclic esters (lactones) is 1. The molecule has 0 radical (unpaired) electrons. The molecule has 5 atom stereocenters. The van der Waals surface area contributed by atoms with E-state index in [1.165, 1.54) is 0 Å². The summed E-state index contributed by atoms with van der Waals surface area (Å²) in [4.78, 5) is 13.0. The van der Waals surface area contributed by atoms with Crippen LogP contribution in [-0.2, 0) is 9.53 Å². The minimum atomic E-state index is -1.19. The summed E-state index contributed by atoms with van der Waals surface area (Å²) in [6, 6.07) is 1.84. The van der Waals surface area contributed by atoms with Crippen LogP contribution in [-0.4, -0.2) is 28.4 Å². The van der Waals surface area contributed by atoms with Crippen molar-refractivity contribution >= 4 is 5.97 Å². The van der Waals surface area contributed by atoms with E-state index in [0.29, 0.717) is 12.8 Å². The Morgan fingerprint density at radius 3 is 2.96 bits per heavy atom. The van der Waals surface area contributed by atoms with Crippen LogP contribution in [0.2, 0.25) is 0 Å². The Morgan fingerprint density at radius 1 is 1.42 bits per heavy atom. The fourth-order valence-corrected chi connectivity index (χ4v) is 5.12. The van der Waals surface area contributed by atoms with Crippen molar-refractivity contribution < 1.29 is 24.2 Å². The lowest BCUT2D eigenvalue weighted by Gasteiger charge is -2.50. The largest absolute Gasteiger partial charge is 0.472 e. The summed E-state index contributed by atoms with van der Waals surface area (Å²) in [6.45, 7) is 1.80. The SMILES string of the molecule is C[C@@H]1CC=C2[C@H](CCC[C@@]2(O)CO)[C@@]12C[C@@H](c1ccoc1)OC2=O. The van der Waals surface area contributed by atoms with Crippen LogP contribution in [0.4, 0.5) is 0 Å². The Labute approximate surface area is 141 Å². The van der Waals surface area contributed by atoms with Crippen LogP contribution in [0.3, 0.4) is 0 Å². The summed E-state index contributed by atoms with van der Waals surface area (Å²) >= 11 is 0. The first kappa shape index (κ1) is 15.9. The highest BCUT2D eigenvalue weighted by atomic mass is 16.6. The van der Waals surface area contributed by atoms with Gasteiger partial charge in [0, 0.05) is 12.0 Å². The van der Waals surface area contributed by atoms with Gasteiger partial charge in [-0.1, -0.05) is 13.0 Å². The van der Waals surface area contributed by atoms with Crippen molar-refractivity contribution in [3.63, 3.8) is 0 Å². The van der Waals surface area contributed by atoms with Crippen LogP contribution in [0.25, 0.3) is 0 Å².